The third kappa shape index (κ3) is 2.51. The number of carboxylic acid groups (broad SMARTS) is 1. The van der Waals surface area contributed by atoms with Crippen molar-refractivity contribution in [3.63, 3.8) is 0 Å². The number of aromatic carboxylic acids is 1. The molecule has 0 heterocycles. The lowest BCUT2D eigenvalue weighted by atomic mass is 10.2. The number of hydrogen-bond acceptors (Lipinski definition) is 4. The van der Waals surface area contributed by atoms with E-state index in [1.807, 2.05) is 0 Å². The Bertz CT molecular complexity index is 574. The number of hydrogen-bond donors (Lipinski definition) is 1. The fraction of sp³-hybridized carbons (Fsp3) is 0.111. The second-order valence-electron chi connectivity index (χ2n) is 2.86. The van der Waals surface area contributed by atoms with E-state index in [2.05, 4.69) is 0 Å². The Morgan fingerprint density at radius 1 is 1.50 bits per heavy atom. The zero-order chi connectivity index (χ0) is 12.3. The summed E-state index contributed by atoms with van der Waals surface area (Å²) in [5.41, 5.74) is -0.183. The number of carboxylic acids is 1. The molecule has 0 aliphatic carbocycles. The highest BCUT2D eigenvalue weighted by molar-refractivity contribution is 7.91. The van der Waals surface area contributed by atoms with Crippen LogP contribution in [0.1, 0.15) is 10.4 Å². The quantitative estimate of drug-likeness (QED) is 0.884. The van der Waals surface area contributed by atoms with E-state index >= 15 is 0 Å². The topological polar surface area (TPSA) is 95.2 Å². The number of nitriles is 1. The summed E-state index contributed by atoms with van der Waals surface area (Å²) in [7, 11) is -3.71. The van der Waals surface area contributed by atoms with Crippen molar-refractivity contribution in [3.8, 4) is 6.07 Å². The predicted molar refractivity (Wildman–Crippen MR) is 56.1 cm³/mol. The third-order valence-corrected chi connectivity index (χ3v) is 3.58. The summed E-state index contributed by atoms with van der Waals surface area (Å²) in [6.45, 7) is 0. The van der Waals surface area contributed by atoms with Gasteiger partial charge in [-0.2, -0.15) is 5.26 Å². The van der Waals surface area contributed by atoms with Crippen LogP contribution in [-0.2, 0) is 9.84 Å². The third-order valence-electron chi connectivity index (χ3n) is 1.78. The molecule has 84 valence electrons. The Kier molecular flexibility index (Phi) is 3.52. The van der Waals surface area contributed by atoms with Crippen molar-refractivity contribution in [2.75, 3.05) is 5.75 Å². The molecule has 16 heavy (non-hydrogen) atoms. The minimum absolute atomic E-state index is 0.163. The van der Waals surface area contributed by atoms with E-state index in [0.29, 0.717) is 0 Å². The summed E-state index contributed by atoms with van der Waals surface area (Å²) in [5, 5.41) is 16.8. The van der Waals surface area contributed by atoms with Crippen molar-refractivity contribution in [2.45, 2.75) is 4.90 Å². The SMILES string of the molecule is N#CCS(=O)(=O)c1ccc(C(=O)O)c(Cl)c1. The minimum Gasteiger partial charge on any atom is -0.478 e. The Hall–Kier alpha value is -1.58. The number of nitrogens with zero attached hydrogens (tertiary/aromatic N) is 1. The molecule has 0 fully saturated rings. The van der Waals surface area contributed by atoms with Crippen molar-refractivity contribution >= 4 is 27.4 Å². The summed E-state index contributed by atoms with van der Waals surface area (Å²) >= 11 is 5.60. The highest BCUT2D eigenvalue weighted by atomic mass is 35.5. The van der Waals surface area contributed by atoms with Gasteiger partial charge in [0.05, 0.1) is 21.6 Å². The maximum Gasteiger partial charge on any atom is 0.337 e. The zero-order valence-corrected chi connectivity index (χ0v) is 9.42. The first-order valence-electron chi connectivity index (χ1n) is 4.01. The van der Waals surface area contributed by atoms with Gasteiger partial charge in [0.15, 0.2) is 9.84 Å². The smallest absolute Gasteiger partial charge is 0.337 e. The van der Waals surface area contributed by atoms with E-state index in [-0.39, 0.29) is 15.5 Å². The first-order chi connectivity index (χ1) is 7.38. The maximum atomic E-state index is 11.4. The molecule has 1 N–H and O–H groups in total. The fourth-order valence-corrected chi connectivity index (χ4v) is 2.27. The average Bonchev–Trinajstić information content (AvgIpc) is 2.16. The first kappa shape index (κ1) is 12.5. The molecule has 1 rings (SSSR count). The molecule has 0 spiro atoms. The van der Waals surface area contributed by atoms with Gasteiger partial charge in [0.25, 0.3) is 0 Å². The van der Waals surface area contributed by atoms with Crippen LogP contribution in [0, 0.1) is 11.3 Å². The van der Waals surface area contributed by atoms with Gasteiger partial charge in [-0.25, -0.2) is 13.2 Å². The number of carbonyl (C=O) groups is 1. The van der Waals surface area contributed by atoms with Crippen LogP contribution in [0.15, 0.2) is 23.1 Å². The average molecular weight is 260 g/mol. The molecule has 5 nitrogen and oxygen atoms in total. The van der Waals surface area contributed by atoms with Gasteiger partial charge in [0, 0.05) is 0 Å². The van der Waals surface area contributed by atoms with E-state index in [9.17, 15) is 13.2 Å². The van der Waals surface area contributed by atoms with Crippen molar-refractivity contribution in [1.29, 1.82) is 5.26 Å². The largest absolute Gasteiger partial charge is 0.478 e. The van der Waals surface area contributed by atoms with E-state index in [1.54, 1.807) is 0 Å². The molecule has 0 atom stereocenters. The standard InChI is InChI=1S/C9H6ClNO4S/c10-8-5-6(16(14,15)4-3-11)1-2-7(8)9(12)13/h1-2,5H,4H2,(H,12,13). The van der Waals surface area contributed by atoms with E-state index < -0.39 is 21.6 Å². The Labute approximate surface area is 96.8 Å². The Morgan fingerprint density at radius 2 is 2.12 bits per heavy atom. The van der Waals surface area contributed by atoms with Crippen LogP contribution in [0.2, 0.25) is 5.02 Å². The molecule has 1 aromatic carbocycles. The molecule has 0 aromatic heterocycles. The molecule has 0 radical (unpaired) electrons. The molecule has 0 amide bonds. The number of benzene rings is 1. The predicted octanol–water partition coefficient (Wildman–Crippen LogP) is 1.34. The lowest BCUT2D eigenvalue weighted by Crippen LogP contribution is -2.06. The van der Waals surface area contributed by atoms with Crippen LogP contribution in [0.4, 0.5) is 0 Å². The summed E-state index contributed by atoms with van der Waals surface area (Å²) < 4.78 is 22.9. The number of rotatable bonds is 3. The molecule has 0 saturated carbocycles. The molecule has 0 aliphatic heterocycles. The van der Waals surface area contributed by atoms with E-state index in [1.165, 1.54) is 6.07 Å². The van der Waals surface area contributed by atoms with Crippen LogP contribution < -0.4 is 0 Å². The molecule has 1 aromatic rings. The second kappa shape index (κ2) is 4.51. The summed E-state index contributed by atoms with van der Waals surface area (Å²) in [4.78, 5) is 10.5. The lowest BCUT2D eigenvalue weighted by Gasteiger charge is -2.03. The monoisotopic (exact) mass is 259 g/mol. The minimum atomic E-state index is -3.71. The Morgan fingerprint density at radius 3 is 2.56 bits per heavy atom. The lowest BCUT2D eigenvalue weighted by molar-refractivity contribution is 0.0697. The van der Waals surface area contributed by atoms with Crippen LogP contribution in [0.25, 0.3) is 0 Å². The molecule has 0 unspecified atom stereocenters. The van der Waals surface area contributed by atoms with Crippen LogP contribution in [0.3, 0.4) is 0 Å². The maximum absolute atomic E-state index is 11.4. The van der Waals surface area contributed by atoms with Gasteiger partial charge in [-0.1, -0.05) is 11.6 Å². The summed E-state index contributed by atoms with van der Waals surface area (Å²) in [6.07, 6.45) is 0. The molecular weight excluding hydrogens is 254 g/mol. The first-order valence-corrected chi connectivity index (χ1v) is 6.04. The van der Waals surface area contributed by atoms with Gasteiger partial charge in [-0.05, 0) is 18.2 Å². The molecule has 0 saturated heterocycles. The van der Waals surface area contributed by atoms with Crippen LogP contribution in [0.5, 0.6) is 0 Å². The highest BCUT2D eigenvalue weighted by Crippen LogP contribution is 2.21. The van der Waals surface area contributed by atoms with Gasteiger partial charge in [-0.3, -0.25) is 0 Å². The van der Waals surface area contributed by atoms with Gasteiger partial charge in [-0.15, -0.1) is 0 Å². The molecular formula is C9H6ClNO4S. The summed E-state index contributed by atoms with van der Waals surface area (Å²) in [5.74, 6) is -1.91. The van der Waals surface area contributed by atoms with Crippen LogP contribution >= 0.6 is 11.6 Å². The highest BCUT2D eigenvalue weighted by Gasteiger charge is 2.17. The normalized spacial score (nSPS) is 10.8. The van der Waals surface area contributed by atoms with Crippen molar-refractivity contribution in [2.24, 2.45) is 0 Å². The fourth-order valence-electron chi connectivity index (χ4n) is 1.03. The zero-order valence-electron chi connectivity index (χ0n) is 7.84. The number of halogens is 1. The van der Waals surface area contributed by atoms with Crippen molar-refractivity contribution in [1.82, 2.24) is 0 Å². The van der Waals surface area contributed by atoms with Crippen molar-refractivity contribution < 1.29 is 18.3 Å². The van der Waals surface area contributed by atoms with E-state index in [0.717, 1.165) is 18.2 Å². The van der Waals surface area contributed by atoms with Crippen molar-refractivity contribution in [3.05, 3.63) is 28.8 Å². The van der Waals surface area contributed by atoms with E-state index in [4.69, 9.17) is 22.0 Å². The van der Waals surface area contributed by atoms with Gasteiger partial charge in [0.2, 0.25) is 0 Å². The molecule has 0 bridgehead atoms. The molecule has 0 aliphatic rings. The van der Waals surface area contributed by atoms with Gasteiger partial charge in [0.1, 0.15) is 5.75 Å². The molecule has 7 heteroatoms. The van der Waals surface area contributed by atoms with Crippen LogP contribution in [-0.4, -0.2) is 25.2 Å². The summed E-state index contributed by atoms with van der Waals surface area (Å²) in [6, 6.07) is 4.75. The van der Waals surface area contributed by atoms with Gasteiger partial charge < -0.3 is 5.11 Å². The van der Waals surface area contributed by atoms with Gasteiger partial charge >= 0.3 is 5.97 Å². The Balaban J connectivity index is 3.28. The second-order valence-corrected chi connectivity index (χ2v) is 5.26. The number of sulfone groups is 1.